The minimum atomic E-state index is -0.426. The number of hydrogen-bond acceptors (Lipinski definition) is 4. The number of aromatic nitrogens is 1. The summed E-state index contributed by atoms with van der Waals surface area (Å²) < 4.78 is 18.5. The molecule has 2 amide bonds. The largest absolute Gasteiger partial charge is 0.385 e. The Bertz CT molecular complexity index is 737. The first-order valence-electron chi connectivity index (χ1n) is 7.85. The summed E-state index contributed by atoms with van der Waals surface area (Å²) in [6.07, 6.45) is 3.44. The molecule has 0 bridgehead atoms. The van der Waals surface area contributed by atoms with Crippen LogP contribution in [0.1, 0.15) is 32.7 Å². The Morgan fingerprint density at radius 1 is 1.12 bits per heavy atom. The molecule has 0 unspecified atom stereocenters. The van der Waals surface area contributed by atoms with E-state index in [1.165, 1.54) is 24.5 Å². The number of hydrogen-bond donors (Lipinski definition) is 2. The summed E-state index contributed by atoms with van der Waals surface area (Å²) in [4.78, 5) is 28.1. The van der Waals surface area contributed by atoms with Gasteiger partial charge in [0.2, 0.25) is 0 Å². The number of amides is 2. The first-order chi connectivity index (χ1) is 12.1. The van der Waals surface area contributed by atoms with Gasteiger partial charge in [-0.1, -0.05) is 18.2 Å². The molecule has 0 saturated heterocycles. The molecule has 0 aliphatic rings. The highest BCUT2D eigenvalue weighted by Crippen LogP contribution is 2.07. The van der Waals surface area contributed by atoms with Gasteiger partial charge in [0.25, 0.3) is 11.8 Å². The van der Waals surface area contributed by atoms with Crippen LogP contribution in [0, 0.1) is 5.82 Å². The molecule has 1 aromatic heterocycles. The number of benzene rings is 1. The second-order valence-corrected chi connectivity index (χ2v) is 5.34. The molecule has 132 valence electrons. The fourth-order valence-corrected chi connectivity index (χ4v) is 2.13. The maximum atomic E-state index is 13.6. The SMILES string of the molecule is COCCCNC(=O)c1cncc(C(=O)NCc2ccccc2F)c1. The summed E-state index contributed by atoms with van der Waals surface area (Å²) in [5.41, 5.74) is 0.910. The number of nitrogens with one attached hydrogen (secondary N) is 2. The van der Waals surface area contributed by atoms with Crippen molar-refractivity contribution in [2.45, 2.75) is 13.0 Å². The molecular formula is C18H20FN3O3. The van der Waals surface area contributed by atoms with Crippen LogP contribution in [-0.4, -0.2) is 37.1 Å². The van der Waals surface area contributed by atoms with Gasteiger partial charge in [-0.15, -0.1) is 0 Å². The van der Waals surface area contributed by atoms with E-state index in [1.54, 1.807) is 25.3 Å². The highest BCUT2D eigenvalue weighted by molar-refractivity contribution is 5.99. The molecule has 0 saturated carbocycles. The summed E-state index contributed by atoms with van der Waals surface area (Å²) in [5.74, 6) is -1.12. The molecule has 2 N–H and O–H groups in total. The van der Waals surface area contributed by atoms with E-state index in [-0.39, 0.29) is 29.4 Å². The van der Waals surface area contributed by atoms with Gasteiger partial charge in [0, 0.05) is 44.8 Å². The van der Waals surface area contributed by atoms with Crippen LogP contribution in [0.15, 0.2) is 42.7 Å². The lowest BCUT2D eigenvalue weighted by Crippen LogP contribution is -2.27. The van der Waals surface area contributed by atoms with Gasteiger partial charge in [-0.2, -0.15) is 0 Å². The van der Waals surface area contributed by atoms with Gasteiger partial charge in [-0.05, 0) is 18.6 Å². The van der Waals surface area contributed by atoms with Gasteiger partial charge >= 0.3 is 0 Å². The zero-order valence-corrected chi connectivity index (χ0v) is 13.9. The van der Waals surface area contributed by atoms with Crippen LogP contribution in [0.3, 0.4) is 0 Å². The van der Waals surface area contributed by atoms with Crippen LogP contribution in [-0.2, 0) is 11.3 Å². The zero-order chi connectivity index (χ0) is 18.1. The molecule has 25 heavy (non-hydrogen) atoms. The number of nitrogens with zero attached hydrogens (tertiary/aromatic N) is 1. The van der Waals surface area contributed by atoms with Gasteiger partial charge < -0.3 is 15.4 Å². The molecule has 2 aromatic rings. The molecule has 0 aliphatic heterocycles. The third-order valence-electron chi connectivity index (χ3n) is 3.47. The van der Waals surface area contributed by atoms with E-state index in [2.05, 4.69) is 15.6 Å². The standard InChI is InChI=1S/C18H20FN3O3/c1-25-8-4-7-21-17(23)14-9-15(11-20-10-14)18(24)22-12-13-5-2-3-6-16(13)19/h2-3,5-6,9-11H,4,7-8,12H2,1H3,(H,21,23)(H,22,24). The van der Waals surface area contributed by atoms with Crippen molar-refractivity contribution in [2.24, 2.45) is 0 Å². The molecular weight excluding hydrogens is 325 g/mol. The average Bonchev–Trinajstić information content (AvgIpc) is 2.64. The molecule has 2 rings (SSSR count). The maximum Gasteiger partial charge on any atom is 0.253 e. The Kier molecular flexibility index (Phi) is 7.03. The van der Waals surface area contributed by atoms with Crippen LogP contribution in [0.5, 0.6) is 0 Å². The lowest BCUT2D eigenvalue weighted by molar-refractivity contribution is 0.0948. The number of carbonyl (C=O) groups is 2. The van der Waals surface area contributed by atoms with Gasteiger partial charge in [0.1, 0.15) is 5.82 Å². The lowest BCUT2D eigenvalue weighted by atomic mass is 10.1. The molecule has 1 aromatic carbocycles. The topological polar surface area (TPSA) is 80.3 Å². The monoisotopic (exact) mass is 345 g/mol. The predicted octanol–water partition coefficient (Wildman–Crippen LogP) is 1.92. The number of pyridine rings is 1. The molecule has 0 aliphatic carbocycles. The summed E-state index contributed by atoms with van der Waals surface area (Å²) in [5, 5.41) is 5.34. The number of carbonyl (C=O) groups excluding carboxylic acids is 2. The smallest absolute Gasteiger partial charge is 0.253 e. The van der Waals surface area contributed by atoms with Crippen molar-refractivity contribution in [1.82, 2.24) is 15.6 Å². The van der Waals surface area contributed by atoms with E-state index >= 15 is 0 Å². The van der Waals surface area contributed by atoms with E-state index in [0.717, 1.165) is 0 Å². The summed E-state index contributed by atoms with van der Waals surface area (Å²) in [6, 6.07) is 7.66. The normalized spacial score (nSPS) is 10.3. The number of methoxy groups -OCH3 is 1. The first kappa shape index (κ1) is 18.5. The van der Waals surface area contributed by atoms with Crippen molar-refractivity contribution < 1.29 is 18.7 Å². The summed E-state index contributed by atoms with van der Waals surface area (Å²) in [7, 11) is 1.59. The van der Waals surface area contributed by atoms with Crippen molar-refractivity contribution in [1.29, 1.82) is 0 Å². The minimum absolute atomic E-state index is 0.0545. The number of rotatable bonds is 8. The van der Waals surface area contributed by atoms with Gasteiger partial charge in [-0.25, -0.2) is 4.39 Å². The molecule has 6 nitrogen and oxygen atoms in total. The van der Waals surface area contributed by atoms with Crippen molar-refractivity contribution >= 4 is 11.8 Å². The number of halogens is 1. The average molecular weight is 345 g/mol. The molecule has 1 heterocycles. The second kappa shape index (κ2) is 9.48. The number of ether oxygens (including phenoxy) is 1. The van der Waals surface area contributed by atoms with Crippen LogP contribution < -0.4 is 10.6 Å². The highest BCUT2D eigenvalue weighted by atomic mass is 19.1. The van der Waals surface area contributed by atoms with Crippen LogP contribution in [0.4, 0.5) is 4.39 Å². The van der Waals surface area contributed by atoms with E-state index in [4.69, 9.17) is 4.74 Å². The Morgan fingerprint density at radius 3 is 2.48 bits per heavy atom. The molecule has 0 atom stereocenters. The van der Waals surface area contributed by atoms with Gasteiger partial charge in [0.05, 0.1) is 11.1 Å². The van der Waals surface area contributed by atoms with Crippen LogP contribution >= 0.6 is 0 Å². The van der Waals surface area contributed by atoms with Crippen molar-refractivity contribution in [3.63, 3.8) is 0 Å². The van der Waals surface area contributed by atoms with E-state index in [0.29, 0.717) is 25.1 Å². The fraction of sp³-hybridized carbons (Fsp3) is 0.278. The Morgan fingerprint density at radius 2 is 1.80 bits per heavy atom. The lowest BCUT2D eigenvalue weighted by Gasteiger charge is -2.08. The second-order valence-electron chi connectivity index (χ2n) is 5.34. The van der Waals surface area contributed by atoms with Crippen molar-refractivity contribution in [3.05, 3.63) is 65.2 Å². The molecule has 7 heteroatoms. The quantitative estimate of drug-likeness (QED) is 0.716. The van der Waals surface area contributed by atoms with E-state index in [1.807, 2.05) is 0 Å². The Balaban J connectivity index is 1.94. The first-order valence-corrected chi connectivity index (χ1v) is 7.85. The molecule has 0 spiro atoms. The third kappa shape index (κ3) is 5.65. The van der Waals surface area contributed by atoms with Crippen molar-refractivity contribution in [2.75, 3.05) is 20.3 Å². The highest BCUT2D eigenvalue weighted by Gasteiger charge is 2.11. The predicted molar refractivity (Wildman–Crippen MR) is 90.6 cm³/mol. The maximum absolute atomic E-state index is 13.6. The molecule has 0 fully saturated rings. The fourth-order valence-electron chi connectivity index (χ4n) is 2.13. The van der Waals surface area contributed by atoms with Gasteiger partial charge in [-0.3, -0.25) is 14.6 Å². The third-order valence-corrected chi connectivity index (χ3v) is 3.47. The Hall–Kier alpha value is -2.80. The summed E-state index contributed by atoms with van der Waals surface area (Å²) in [6.45, 7) is 1.08. The van der Waals surface area contributed by atoms with Crippen LogP contribution in [0.2, 0.25) is 0 Å². The summed E-state index contributed by atoms with van der Waals surface area (Å²) >= 11 is 0. The van der Waals surface area contributed by atoms with E-state index < -0.39 is 5.91 Å². The minimum Gasteiger partial charge on any atom is -0.385 e. The van der Waals surface area contributed by atoms with Crippen molar-refractivity contribution in [3.8, 4) is 0 Å². The van der Waals surface area contributed by atoms with E-state index in [9.17, 15) is 14.0 Å². The zero-order valence-electron chi connectivity index (χ0n) is 13.9. The van der Waals surface area contributed by atoms with Crippen LogP contribution in [0.25, 0.3) is 0 Å². The van der Waals surface area contributed by atoms with Gasteiger partial charge in [0.15, 0.2) is 0 Å². The molecule has 0 radical (unpaired) electrons. The Labute approximate surface area is 145 Å².